The lowest BCUT2D eigenvalue weighted by Crippen LogP contribution is -1.98. The van der Waals surface area contributed by atoms with Crippen LogP contribution in [0.25, 0.3) is 11.3 Å². The number of nitrogens with zero attached hydrogens (tertiary/aromatic N) is 1. The first kappa shape index (κ1) is 11.2. The maximum absolute atomic E-state index is 10.8. The second-order valence-corrected chi connectivity index (χ2v) is 5.37. The van der Waals surface area contributed by atoms with Crippen molar-refractivity contribution in [2.24, 2.45) is 5.92 Å². The van der Waals surface area contributed by atoms with E-state index < -0.39 is 5.97 Å². The Hall–Kier alpha value is -1.88. The van der Waals surface area contributed by atoms with E-state index in [1.54, 1.807) is 0 Å². The highest BCUT2D eigenvalue weighted by molar-refractivity contribution is 7.13. The van der Waals surface area contributed by atoms with Crippen molar-refractivity contribution in [3.05, 3.63) is 35.2 Å². The number of carboxylic acid groups (broad SMARTS) is 1. The van der Waals surface area contributed by atoms with Gasteiger partial charge in [-0.1, -0.05) is 24.3 Å². The Morgan fingerprint density at radius 2 is 2.11 bits per heavy atom. The standard InChI is InChI=1S/C13H12N2O2S/c14-13-15-11(6-18-13)8-3-1-7(2-4-8)9-5-10(9)12(16)17/h1-4,6,9-10H,5H2,(H2,14,15)(H,16,17). The second-order valence-electron chi connectivity index (χ2n) is 4.48. The van der Waals surface area contributed by atoms with Gasteiger partial charge < -0.3 is 10.8 Å². The molecule has 5 heteroatoms. The lowest BCUT2D eigenvalue weighted by molar-refractivity contribution is -0.138. The van der Waals surface area contributed by atoms with Gasteiger partial charge in [-0.25, -0.2) is 4.98 Å². The number of benzene rings is 1. The first-order chi connectivity index (χ1) is 8.65. The Morgan fingerprint density at radius 3 is 2.61 bits per heavy atom. The number of nitrogen functional groups attached to an aromatic ring is 1. The Balaban J connectivity index is 1.80. The highest BCUT2D eigenvalue weighted by Crippen LogP contribution is 2.47. The van der Waals surface area contributed by atoms with Gasteiger partial charge in [-0.15, -0.1) is 11.3 Å². The fraction of sp³-hybridized carbons (Fsp3) is 0.231. The summed E-state index contributed by atoms with van der Waals surface area (Å²) in [6.07, 6.45) is 0.748. The van der Waals surface area contributed by atoms with E-state index in [9.17, 15) is 4.79 Å². The molecule has 0 amide bonds. The highest BCUT2D eigenvalue weighted by atomic mass is 32.1. The maximum Gasteiger partial charge on any atom is 0.307 e. The number of anilines is 1. The van der Waals surface area contributed by atoms with Crippen LogP contribution in [0.4, 0.5) is 5.13 Å². The summed E-state index contributed by atoms with van der Waals surface area (Å²) in [5.74, 6) is -0.723. The lowest BCUT2D eigenvalue weighted by Gasteiger charge is -2.01. The van der Waals surface area contributed by atoms with Crippen LogP contribution in [-0.4, -0.2) is 16.1 Å². The van der Waals surface area contributed by atoms with Gasteiger partial charge in [0.15, 0.2) is 5.13 Å². The molecule has 3 N–H and O–H groups in total. The van der Waals surface area contributed by atoms with E-state index in [0.29, 0.717) is 5.13 Å². The average Bonchev–Trinajstić information content (AvgIpc) is 3.06. The zero-order chi connectivity index (χ0) is 12.7. The van der Waals surface area contributed by atoms with E-state index in [1.807, 2.05) is 29.6 Å². The molecule has 1 saturated carbocycles. The van der Waals surface area contributed by atoms with Crippen molar-refractivity contribution in [2.45, 2.75) is 12.3 Å². The topological polar surface area (TPSA) is 76.2 Å². The molecular weight excluding hydrogens is 248 g/mol. The third-order valence-electron chi connectivity index (χ3n) is 3.26. The predicted octanol–water partition coefficient (Wildman–Crippen LogP) is 2.58. The zero-order valence-corrected chi connectivity index (χ0v) is 10.4. The van der Waals surface area contributed by atoms with Crippen molar-refractivity contribution in [2.75, 3.05) is 5.73 Å². The van der Waals surface area contributed by atoms with Crippen molar-refractivity contribution in [3.8, 4) is 11.3 Å². The van der Waals surface area contributed by atoms with Gasteiger partial charge in [0.1, 0.15) is 0 Å². The molecule has 0 spiro atoms. The number of aliphatic carboxylic acids is 1. The molecule has 1 aromatic heterocycles. The summed E-state index contributed by atoms with van der Waals surface area (Å²) in [7, 11) is 0. The monoisotopic (exact) mass is 260 g/mol. The lowest BCUT2D eigenvalue weighted by atomic mass is 10.1. The van der Waals surface area contributed by atoms with Crippen LogP contribution in [0.2, 0.25) is 0 Å². The van der Waals surface area contributed by atoms with Crippen LogP contribution >= 0.6 is 11.3 Å². The average molecular weight is 260 g/mol. The summed E-state index contributed by atoms with van der Waals surface area (Å²) in [4.78, 5) is 15.0. The third kappa shape index (κ3) is 1.97. The molecule has 92 valence electrons. The Morgan fingerprint density at radius 1 is 1.39 bits per heavy atom. The molecule has 0 aliphatic heterocycles. The Labute approximate surface area is 108 Å². The van der Waals surface area contributed by atoms with Gasteiger partial charge in [-0.3, -0.25) is 4.79 Å². The quantitative estimate of drug-likeness (QED) is 0.889. The molecular formula is C13H12N2O2S. The summed E-state index contributed by atoms with van der Waals surface area (Å²) in [6, 6.07) is 7.92. The van der Waals surface area contributed by atoms with Crippen LogP contribution in [-0.2, 0) is 4.79 Å². The van der Waals surface area contributed by atoms with Crippen molar-refractivity contribution >= 4 is 22.4 Å². The van der Waals surface area contributed by atoms with E-state index in [1.165, 1.54) is 11.3 Å². The molecule has 2 aromatic rings. The summed E-state index contributed by atoms with van der Waals surface area (Å²) >= 11 is 1.42. The van der Waals surface area contributed by atoms with Gasteiger partial charge in [0.25, 0.3) is 0 Å². The summed E-state index contributed by atoms with van der Waals surface area (Å²) in [5.41, 5.74) is 8.57. The van der Waals surface area contributed by atoms with Crippen LogP contribution in [0.1, 0.15) is 17.9 Å². The maximum atomic E-state index is 10.8. The van der Waals surface area contributed by atoms with E-state index in [2.05, 4.69) is 4.98 Å². The van der Waals surface area contributed by atoms with Crippen LogP contribution in [0.5, 0.6) is 0 Å². The molecule has 0 saturated heterocycles. The molecule has 2 atom stereocenters. The minimum atomic E-state index is -0.698. The minimum Gasteiger partial charge on any atom is -0.481 e. The minimum absolute atomic E-state index is 0.178. The van der Waals surface area contributed by atoms with Gasteiger partial charge in [0.05, 0.1) is 11.6 Å². The number of carboxylic acids is 1. The number of aromatic nitrogens is 1. The molecule has 0 radical (unpaired) electrons. The van der Waals surface area contributed by atoms with Gasteiger partial charge in [0.2, 0.25) is 0 Å². The Kier molecular flexibility index (Phi) is 2.56. The zero-order valence-electron chi connectivity index (χ0n) is 9.54. The van der Waals surface area contributed by atoms with E-state index in [4.69, 9.17) is 10.8 Å². The normalized spacial score (nSPS) is 21.8. The molecule has 1 aromatic carbocycles. The molecule has 18 heavy (non-hydrogen) atoms. The fourth-order valence-corrected chi connectivity index (χ4v) is 2.73. The molecule has 3 rings (SSSR count). The summed E-state index contributed by atoms with van der Waals surface area (Å²) < 4.78 is 0. The van der Waals surface area contributed by atoms with Crippen molar-refractivity contribution in [1.29, 1.82) is 0 Å². The van der Waals surface area contributed by atoms with Crippen molar-refractivity contribution in [1.82, 2.24) is 4.98 Å². The smallest absolute Gasteiger partial charge is 0.307 e. The highest BCUT2D eigenvalue weighted by Gasteiger charge is 2.43. The molecule has 0 bridgehead atoms. The van der Waals surface area contributed by atoms with E-state index >= 15 is 0 Å². The number of carbonyl (C=O) groups is 1. The van der Waals surface area contributed by atoms with Crippen LogP contribution in [0.3, 0.4) is 0 Å². The number of hydrogen-bond acceptors (Lipinski definition) is 4. The first-order valence-electron chi connectivity index (χ1n) is 5.69. The number of hydrogen-bond donors (Lipinski definition) is 2. The summed E-state index contributed by atoms with van der Waals surface area (Å²) in [5, 5.41) is 11.4. The van der Waals surface area contributed by atoms with Gasteiger partial charge >= 0.3 is 5.97 Å². The molecule has 1 aliphatic carbocycles. The van der Waals surface area contributed by atoms with Gasteiger partial charge in [-0.2, -0.15) is 0 Å². The van der Waals surface area contributed by atoms with Crippen molar-refractivity contribution in [3.63, 3.8) is 0 Å². The molecule has 1 fully saturated rings. The van der Waals surface area contributed by atoms with E-state index in [-0.39, 0.29) is 11.8 Å². The number of rotatable bonds is 3. The molecule has 2 unspecified atom stereocenters. The number of thiazole rings is 1. The molecule has 4 nitrogen and oxygen atoms in total. The second kappa shape index (κ2) is 4.10. The fourth-order valence-electron chi connectivity index (χ4n) is 2.16. The third-order valence-corrected chi connectivity index (χ3v) is 3.94. The summed E-state index contributed by atoms with van der Waals surface area (Å²) in [6.45, 7) is 0. The van der Waals surface area contributed by atoms with Gasteiger partial charge in [-0.05, 0) is 17.9 Å². The van der Waals surface area contributed by atoms with Crippen LogP contribution < -0.4 is 5.73 Å². The molecule has 1 heterocycles. The van der Waals surface area contributed by atoms with Crippen molar-refractivity contribution < 1.29 is 9.90 Å². The first-order valence-corrected chi connectivity index (χ1v) is 6.57. The van der Waals surface area contributed by atoms with Crippen LogP contribution in [0, 0.1) is 5.92 Å². The SMILES string of the molecule is Nc1nc(-c2ccc(C3CC3C(=O)O)cc2)cs1. The Bertz CT molecular complexity index is 591. The predicted molar refractivity (Wildman–Crippen MR) is 70.4 cm³/mol. The van der Waals surface area contributed by atoms with E-state index in [0.717, 1.165) is 23.2 Å². The largest absolute Gasteiger partial charge is 0.481 e. The van der Waals surface area contributed by atoms with Crippen LogP contribution in [0.15, 0.2) is 29.6 Å². The molecule has 1 aliphatic rings. The number of nitrogens with two attached hydrogens (primary N) is 1. The van der Waals surface area contributed by atoms with Gasteiger partial charge in [0, 0.05) is 10.9 Å².